The van der Waals surface area contributed by atoms with Crippen LogP contribution in [0.2, 0.25) is 5.02 Å². The molecule has 1 amide bonds. The molecule has 136 valence electrons. The van der Waals surface area contributed by atoms with Crippen molar-refractivity contribution in [2.24, 2.45) is 0 Å². The second-order valence-corrected chi connectivity index (χ2v) is 6.22. The van der Waals surface area contributed by atoms with Crippen molar-refractivity contribution in [1.82, 2.24) is 15.1 Å². The summed E-state index contributed by atoms with van der Waals surface area (Å²) in [6.07, 6.45) is 1.72. The summed E-state index contributed by atoms with van der Waals surface area (Å²) in [7, 11) is 0. The van der Waals surface area contributed by atoms with Crippen LogP contribution in [0.4, 0.5) is 0 Å². The van der Waals surface area contributed by atoms with Gasteiger partial charge in [0, 0.05) is 17.8 Å². The van der Waals surface area contributed by atoms with Crippen molar-refractivity contribution in [3.63, 3.8) is 0 Å². The molecule has 3 rings (SSSR count). The number of rotatable bonds is 7. The highest BCUT2D eigenvalue weighted by Gasteiger charge is 2.17. The van der Waals surface area contributed by atoms with Crippen LogP contribution in [-0.4, -0.2) is 15.7 Å². The first-order chi connectivity index (χ1) is 12.6. The number of aromatic nitrogens is 2. The van der Waals surface area contributed by atoms with Crippen molar-refractivity contribution in [3.8, 4) is 5.75 Å². The molecule has 3 aromatic rings. The van der Waals surface area contributed by atoms with Crippen molar-refractivity contribution >= 4 is 17.5 Å². The summed E-state index contributed by atoms with van der Waals surface area (Å²) in [5.74, 6) is 1.15. The number of halogens is 1. The highest BCUT2D eigenvalue weighted by atomic mass is 35.5. The number of furan rings is 1. The van der Waals surface area contributed by atoms with Gasteiger partial charge in [-0.15, -0.1) is 0 Å². The van der Waals surface area contributed by atoms with Gasteiger partial charge in [-0.05, 0) is 50.2 Å². The van der Waals surface area contributed by atoms with Gasteiger partial charge >= 0.3 is 0 Å². The fraction of sp³-hybridized carbons (Fsp3) is 0.263. The molecule has 0 saturated carbocycles. The van der Waals surface area contributed by atoms with Crippen molar-refractivity contribution in [1.29, 1.82) is 0 Å². The van der Waals surface area contributed by atoms with E-state index in [1.807, 2.05) is 24.6 Å². The van der Waals surface area contributed by atoms with E-state index < -0.39 is 0 Å². The monoisotopic (exact) mass is 373 g/mol. The van der Waals surface area contributed by atoms with Crippen molar-refractivity contribution in [2.45, 2.75) is 33.0 Å². The predicted octanol–water partition coefficient (Wildman–Crippen LogP) is 4.22. The lowest BCUT2D eigenvalue weighted by Crippen LogP contribution is -2.28. The first-order valence-electron chi connectivity index (χ1n) is 8.36. The van der Waals surface area contributed by atoms with E-state index in [4.69, 9.17) is 20.8 Å². The van der Waals surface area contributed by atoms with Gasteiger partial charge < -0.3 is 14.5 Å². The molecule has 7 heteroatoms. The fourth-order valence-electron chi connectivity index (χ4n) is 2.61. The standard InChI is InChI=1S/C19H20ClN3O3/c1-3-23-17(9-10-21-23)13(2)22-19(24)18-8-7-16(26-18)12-25-15-6-4-5-14(20)11-15/h4-11,13H,3,12H2,1-2H3,(H,22,24). The molecule has 6 nitrogen and oxygen atoms in total. The summed E-state index contributed by atoms with van der Waals surface area (Å²) in [5, 5.41) is 7.73. The summed E-state index contributed by atoms with van der Waals surface area (Å²) >= 11 is 5.92. The van der Waals surface area contributed by atoms with Gasteiger partial charge in [-0.3, -0.25) is 9.48 Å². The average molecular weight is 374 g/mol. The Labute approximate surface area is 156 Å². The molecule has 2 aromatic heterocycles. The Kier molecular flexibility index (Phi) is 5.63. The number of aryl methyl sites for hydroxylation is 1. The molecule has 0 aliphatic carbocycles. The first-order valence-corrected chi connectivity index (χ1v) is 8.74. The Morgan fingerprint density at radius 1 is 1.35 bits per heavy atom. The Bertz CT molecular complexity index is 888. The predicted molar refractivity (Wildman–Crippen MR) is 98.3 cm³/mol. The summed E-state index contributed by atoms with van der Waals surface area (Å²) < 4.78 is 13.0. The number of benzene rings is 1. The van der Waals surface area contributed by atoms with E-state index in [-0.39, 0.29) is 24.3 Å². The number of carbonyl (C=O) groups excluding carboxylic acids is 1. The zero-order valence-corrected chi connectivity index (χ0v) is 15.4. The van der Waals surface area contributed by atoms with E-state index in [9.17, 15) is 4.79 Å². The van der Waals surface area contributed by atoms with Gasteiger partial charge in [-0.1, -0.05) is 17.7 Å². The molecular weight excluding hydrogens is 354 g/mol. The topological polar surface area (TPSA) is 69.3 Å². The van der Waals surface area contributed by atoms with Gasteiger partial charge in [0.25, 0.3) is 5.91 Å². The number of hydrogen-bond acceptors (Lipinski definition) is 4. The third-order valence-corrected chi connectivity index (χ3v) is 4.14. The lowest BCUT2D eigenvalue weighted by molar-refractivity contribution is 0.0906. The molecule has 1 aromatic carbocycles. The third-order valence-electron chi connectivity index (χ3n) is 3.90. The first kappa shape index (κ1) is 18.1. The van der Waals surface area contributed by atoms with Crippen LogP contribution >= 0.6 is 11.6 Å². The lowest BCUT2D eigenvalue weighted by Gasteiger charge is -2.14. The minimum absolute atomic E-state index is 0.179. The smallest absolute Gasteiger partial charge is 0.287 e. The second kappa shape index (κ2) is 8.10. The van der Waals surface area contributed by atoms with Crippen LogP contribution in [-0.2, 0) is 13.2 Å². The molecule has 0 saturated heterocycles. The minimum atomic E-state index is -0.282. The van der Waals surface area contributed by atoms with Gasteiger partial charge in [0.1, 0.15) is 18.1 Å². The van der Waals surface area contributed by atoms with Crippen molar-refractivity contribution in [3.05, 3.63) is 70.9 Å². The van der Waals surface area contributed by atoms with Crippen LogP contribution in [0.1, 0.15) is 41.9 Å². The van der Waals surface area contributed by atoms with Crippen molar-refractivity contribution < 1.29 is 13.9 Å². The van der Waals surface area contributed by atoms with Gasteiger partial charge in [-0.2, -0.15) is 5.10 Å². The zero-order valence-electron chi connectivity index (χ0n) is 14.6. The average Bonchev–Trinajstić information content (AvgIpc) is 3.29. The van der Waals surface area contributed by atoms with Crippen LogP contribution in [0.15, 0.2) is 53.1 Å². The van der Waals surface area contributed by atoms with Gasteiger partial charge in [0.05, 0.1) is 11.7 Å². The van der Waals surface area contributed by atoms with Gasteiger partial charge in [-0.25, -0.2) is 0 Å². The number of nitrogens with one attached hydrogen (secondary N) is 1. The number of hydrogen-bond donors (Lipinski definition) is 1. The molecule has 0 aliphatic rings. The maximum absolute atomic E-state index is 12.4. The minimum Gasteiger partial charge on any atom is -0.486 e. The third kappa shape index (κ3) is 4.26. The van der Waals surface area contributed by atoms with Crippen LogP contribution < -0.4 is 10.1 Å². The quantitative estimate of drug-likeness (QED) is 0.673. The second-order valence-electron chi connectivity index (χ2n) is 5.78. The van der Waals surface area contributed by atoms with E-state index in [0.717, 1.165) is 12.2 Å². The van der Waals surface area contributed by atoms with E-state index in [2.05, 4.69) is 10.4 Å². The molecule has 1 atom stereocenters. The molecule has 0 bridgehead atoms. The highest BCUT2D eigenvalue weighted by Crippen LogP contribution is 2.19. The number of amides is 1. The van der Waals surface area contributed by atoms with Crippen LogP contribution in [0.25, 0.3) is 0 Å². The number of nitrogens with zero attached hydrogens (tertiary/aromatic N) is 2. The summed E-state index contributed by atoms with van der Waals surface area (Å²) in [5.41, 5.74) is 0.942. The number of carbonyl (C=O) groups is 1. The molecule has 0 aliphatic heterocycles. The SMILES string of the molecule is CCn1nccc1C(C)NC(=O)c1ccc(COc2cccc(Cl)c2)o1. The van der Waals surface area contributed by atoms with Gasteiger partial charge in [0.2, 0.25) is 0 Å². The Balaban J connectivity index is 1.59. The van der Waals surface area contributed by atoms with Crippen molar-refractivity contribution in [2.75, 3.05) is 0 Å². The molecule has 26 heavy (non-hydrogen) atoms. The maximum Gasteiger partial charge on any atom is 0.287 e. The molecule has 1 unspecified atom stereocenters. The van der Waals surface area contributed by atoms with E-state index in [1.54, 1.807) is 42.6 Å². The van der Waals surface area contributed by atoms with Crippen LogP contribution in [0, 0.1) is 0 Å². The summed E-state index contributed by atoms with van der Waals surface area (Å²) in [6.45, 7) is 4.87. The summed E-state index contributed by atoms with van der Waals surface area (Å²) in [4.78, 5) is 12.4. The number of ether oxygens (including phenoxy) is 1. The van der Waals surface area contributed by atoms with Crippen LogP contribution in [0.3, 0.4) is 0 Å². The Hall–Kier alpha value is -2.73. The largest absolute Gasteiger partial charge is 0.486 e. The fourth-order valence-corrected chi connectivity index (χ4v) is 2.79. The molecule has 0 fully saturated rings. The molecular formula is C19H20ClN3O3. The lowest BCUT2D eigenvalue weighted by atomic mass is 10.2. The Morgan fingerprint density at radius 3 is 2.96 bits per heavy atom. The van der Waals surface area contributed by atoms with Gasteiger partial charge in [0.15, 0.2) is 5.76 Å². The molecule has 0 radical (unpaired) electrons. The maximum atomic E-state index is 12.4. The van der Waals surface area contributed by atoms with Crippen LogP contribution in [0.5, 0.6) is 5.75 Å². The molecule has 2 heterocycles. The van der Waals surface area contributed by atoms with E-state index in [0.29, 0.717) is 16.5 Å². The molecule has 1 N–H and O–H groups in total. The van der Waals surface area contributed by atoms with E-state index >= 15 is 0 Å². The summed E-state index contributed by atoms with van der Waals surface area (Å²) in [6, 6.07) is 12.2. The van der Waals surface area contributed by atoms with E-state index in [1.165, 1.54) is 0 Å². The normalized spacial score (nSPS) is 12.0. The Morgan fingerprint density at radius 2 is 2.19 bits per heavy atom. The highest BCUT2D eigenvalue weighted by molar-refractivity contribution is 6.30. The zero-order chi connectivity index (χ0) is 18.5. The molecule has 0 spiro atoms.